The molecule has 1 fully saturated rings. The van der Waals surface area contributed by atoms with Crippen molar-refractivity contribution in [1.29, 1.82) is 0 Å². The highest BCUT2D eigenvalue weighted by atomic mass is 32.1. The molecule has 23 heavy (non-hydrogen) atoms. The molecule has 2 heterocycles. The van der Waals surface area contributed by atoms with Gasteiger partial charge in [-0.1, -0.05) is 31.5 Å². The monoisotopic (exact) mass is 330 g/mol. The van der Waals surface area contributed by atoms with Crippen LogP contribution in [0.2, 0.25) is 0 Å². The molecule has 1 saturated heterocycles. The van der Waals surface area contributed by atoms with E-state index in [0.717, 1.165) is 29.5 Å². The quantitative estimate of drug-likeness (QED) is 0.784. The first-order valence-electron chi connectivity index (χ1n) is 8.58. The van der Waals surface area contributed by atoms with Crippen molar-refractivity contribution >= 4 is 12.2 Å². The van der Waals surface area contributed by atoms with Gasteiger partial charge in [-0.05, 0) is 57.0 Å². The van der Waals surface area contributed by atoms with E-state index in [0.29, 0.717) is 6.04 Å². The van der Waals surface area contributed by atoms with Crippen LogP contribution in [-0.4, -0.2) is 31.8 Å². The molecule has 0 spiro atoms. The van der Waals surface area contributed by atoms with Gasteiger partial charge in [0.05, 0.1) is 12.4 Å². The van der Waals surface area contributed by atoms with Crippen LogP contribution in [0, 0.1) is 18.6 Å². The van der Waals surface area contributed by atoms with E-state index in [4.69, 9.17) is 17.3 Å². The van der Waals surface area contributed by atoms with Crippen molar-refractivity contribution in [1.82, 2.24) is 19.2 Å². The van der Waals surface area contributed by atoms with E-state index in [1.807, 2.05) is 11.6 Å². The van der Waals surface area contributed by atoms with Crippen LogP contribution in [0.15, 0.2) is 24.3 Å². The molecule has 1 atom stereocenters. The van der Waals surface area contributed by atoms with Crippen LogP contribution in [-0.2, 0) is 6.67 Å². The topological polar surface area (TPSA) is 26.0 Å². The zero-order chi connectivity index (χ0) is 16.4. The molecular formula is C18H26N4S. The molecule has 1 aromatic carbocycles. The van der Waals surface area contributed by atoms with Crippen molar-refractivity contribution in [2.45, 2.75) is 59.2 Å². The number of piperidine rings is 1. The smallest absolute Gasteiger partial charge is 0.203 e. The van der Waals surface area contributed by atoms with Crippen LogP contribution in [0.25, 0.3) is 5.69 Å². The SMILES string of the molecule is CC[C@H]1CCCCN1Cn1nc(C)n(-c2ccccc2C)c1=S. The maximum atomic E-state index is 5.73. The van der Waals surface area contributed by atoms with Crippen molar-refractivity contribution in [3.8, 4) is 5.69 Å². The van der Waals surface area contributed by atoms with E-state index < -0.39 is 0 Å². The Labute approximate surface area is 143 Å². The zero-order valence-corrected chi connectivity index (χ0v) is 15.1. The number of para-hydroxylation sites is 1. The van der Waals surface area contributed by atoms with Crippen LogP contribution < -0.4 is 0 Å². The van der Waals surface area contributed by atoms with Crippen molar-refractivity contribution < 1.29 is 0 Å². The number of rotatable bonds is 4. The van der Waals surface area contributed by atoms with Gasteiger partial charge >= 0.3 is 0 Å². The van der Waals surface area contributed by atoms with Crippen LogP contribution in [0.4, 0.5) is 0 Å². The molecule has 0 unspecified atom stereocenters. The second-order valence-electron chi connectivity index (χ2n) is 6.46. The summed E-state index contributed by atoms with van der Waals surface area (Å²) in [5.41, 5.74) is 2.35. The van der Waals surface area contributed by atoms with Gasteiger partial charge in [-0.2, -0.15) is 5.10 Å². The fourth-order valence-electron chi connectivity index (χ4n) is 3.58. The molecule has 0 bridgehead atoms. The predicted octanol–water partition coefficient (Wildman–Crippen LogP) is 4.24. The Bertz CT molecular complexity index is 731. The van der Waals surface area contributed by atoms with Gasteiger partial charge in [0.15, 0.2) is 0 Å². The number of nitrogens with zero attached hydrogens (tertiary/aromatic N) is 4. The van der Waals surface area contributed by atoms with Gasteiger partial charge in [0.1, 0.15) is 5.82 Å². The molecule has 3 rings (SSSR count). The van der Waals surface area contributed by atoms with E-state index in [1.54, 1.807) is 0 Å². The molecule has 0 N–H and O–H groups in total. The summed E-state index contributed by atoms with van der Waals surface area (Å²) in [4.78, 5) is 2.54. The molecule has 4 nitrogen and oxygen atoms in total. The van der Waals surface area contributed by atoms with Gasteiger partial charge in [0.2, 0.25) is 4.77 Å². The largest absolute Gasteiger partial charge is 0.281 e. The Balaban J connectivity index is 1.92. The standard InChI is InChI=1S/C18H26N4S/c1-4-16-10-7-8-12-20(16)13-21-18(23)22(15(3)19-21)17-11-6-5-9-14(17)2/h5-6,9,11,16H,4,7-8,10,12-13H2,1-3H3/t16-/m0/s1. The first-order valence-corrected chi connectivity index (χ1v) is 8.99. The van der Waals surface area contributed by atoms with E-state index in [-0.39, 0.29) is 0 Å². The van der Waals surface area contributed by atoms with Crippen molar-refractivity contribution in [3.63, 3.8) is 0 Å². The number of hydrogen-bond acceptors (Lipinski definition) is 3. The molecule has 124 valence electrons. The molecule has 0 radical (unpaired) electrons. The molecule has 5 heteroatoms. The van der Waals surface area contributed by atoms with Gasteiger partial charge in [-0.25, -0.2) is 4.68 Å². The van der Waals surface area contributed by atoms with Gasteiger partial charge in [0.25, 0.3) is 0 Å². The van der Waals surface area contributed by atoms with Gasteiger partial charge in [-0.3, -0.25) is 9.47 Å². The maximum Gasteiger partial charge on any atom is 0.203 e. The Morgan fingerprint density at radius 3 is 2.74 bits per heavy atom. The normalized spacial score (nSPS) is 19.2. The predicted molar refractivity (Wildman–Crippen MR) is 96.5 cm³/mol. The summed E-state index contributed by atoms with van der Waals surface area (Å²) in [6, 6.07) is 9.00. The summed E-state index contributed by atoms with van der Waals surface area (Å²) >= 11 is 5.73. The van der Waals surface area contributed by atoms with Gasteiger partial charge in [0, 0.05) is 12.6 Å². The molecule has 1 aliphatic rings. The van der Waals surface area contributed by atoms with Crippen LogP contribution in [0.5, 0.6) is 0 Å². The first-order chi connectivity index (χ1) is 11.1. The van der Waals surface area contributed by atoms with Gasteiger partial charge in [-0.15, -0.1) is 0 Å². The minimum atomic E-state index is 0.662. The third-order valence-corrected chi connectivity index (χ3v) is 5.29. The molecule has 1 aromatic heterocycles. The van der Waals surface area contributed by atoms with E-state index >= 15 is 0 Å². The summed E-state index contributed by atoms with van der Waals surface area (Å²) in [5.74, 6) is 0.953. The summed E-state index contributed by atoms with van der Waals surface area (Å²) in [5, 5.41) is 4.72. The summed E-state index contributed by atoms with van der Waals surface area (Å²) in [6.45, 7) is 8.38. The van der Waals surface area contributed by atoms with Gasteiger partial charge < -0.3 is 0 Å². The van der Waals surface area contributed by atoms with Crippen LogP contribution in [0.3, 0.4) is 0 Å². The fourth-order valence-corrected chi connectivity index (χ4v) is 3.91. The average Bonchev–Trinajstić information content (AvgIpc) is 2.83. The van der Waals surface area contributed by atoms with Crippen molar-refractivity contribution in [2.75, 3.05) is 6.54 Å². The zero-order valence-electron chi connectivity index (χ0n) is 14.3. The highest BCUT2D eigenvalue weighted by Gasteiger charge is 2.22. The lowest BCUT2D eigenvalue weighted by atomic mass is 10.0. The van der Waals surface area contributed by atoms with Crippen molar-refractivity contribution in [3.05, 3.63) is 40.4 Å². The lowest BCUT2D eigenvalue weighted by Crippen LogP contribution is -2.40. The molecule has 2 aromatic rings. The Morgan fingerprint density at radius 2 is 2.00 bits per heavy atom. The molecule has 0 aliphatic carbocycles. The highest BCUT2D eigenvalue weighted by molar-refractivity contribution is 7.71. The fraction of sp³-hybridized carbons (Fsp3) is 0.556. The third kappa shape index (κ3) is 3.26. The molecule has 1 aliphatic heterocycles. The molecular weight excluding hydrogens is 304 g/mol. The lowest BCUT2D eigenvalue weighted by Gasteiger charge is -2.34. The van der Waals surface area contributed by atoms with Crippen LogP contribution >= 0.6 is 12.2 Å². The summed E-state index contributed by atoms with van der Waals surface area (Å²) < 4.78 is 4.87. The second-order valence-corrected chi connectivity index (χ2v) is 6.83. The summed E-state index contributed by atoms with van der Waals surface area (Å²) in [6.07, 6.45) is 5.12. The van der Waals surface area contributed by atoms with E-state index in [1.165, 1.54) is 31.2 Å². The second kappa shape index (κ2) is 6.97. The maximum absolute atomic E-state index is 5.73. The summed E-state index contributed by atoms with van der Waals surface area (Å²) in [7, 11) is 0. The van der Waals surface area contributed by atoms with E-state index in [9.17, 15) is 0 Å². The Hall–Kier alpha value is -1.46. The number of hydrogen-bond donors (Lipinski definition) is 0. The minimum Gasteiger partial charge on any atom is -0.281 e. The average molecular weight is 331 g/mol. The van der Waals surface area contributed by atoms with Crippen molar-refractivity contribution in [2.24, 2.45) is 0 Å². The highest BCUT2D eigenvalue weighted by Crippen LogP contribution is 2.21. The number of aromatic nitrogens is 3. The Morgan fingerprint density at radius 1 is 1.22 bits per heavy atom. The number of benzene rings is 1. The lowest BCUT2D eigenvalue weighted by molar-refractivity contribution is 0.100. The third-order valence-electron chi connectivity index (χ3n) is 4.89. The van der Waals surface area contributed by atoms with Crippen LogP contribution in [0.1, 0.15) is 44.0 Å². The van der Waals surface area contributed by atoms with E-state index in [2.05, 4.69) is 47.6 Å². The minimum absolute atomic E-state index is 0.662. The molecule has 0 amide bonds. The number of likely N-dealkylation sites (tertiary alicyclic amines) is 1. The molecule has 0 saturated carbocycles. The first kappa shape index (κ1) is 16.4. The Kier molecular flexibility index (Phi) is 4.97. The number of aryl methyl sites for hydroxylation is 2.